The van der Waals surface area contributed by atoms with Gasteiger partial charge in [-0.15, -0.1) is 0 Å². The van der Waals surface area contributed by atoms with Crippen molar-refractivity contribution in [3.05, 3.63) is 94.5 Å². The molecule has 0 atom stereocenters. The van der Waals surface area contributed by atoms with Crippen molar-refractivity contribution >= 4 is 40.2 Å². The Hall–Kier alpha value is -3.08. The van der Waals surface area contributed by atoms with Crippen LogP contribution < -0.4 is 10.6 Å². The van der Waals surface area contributed by atoms with E-state index >= 15 is 0 Å². The van der Waals surface area contributed by atoms with Gasteiger partial charge in [-0.1, -0.05) is 74.0 Å². The van der Waals surface area contributed by atoms with E-state index in [4.69, 9.17) is 11.6 Å². The van der Waals surface area contributed by atoms with Gasteiger partial charge in [-0.25, -0.2) is 0 Å². The highest BCUT2D eigenvalue weighted by Gasteiger charge is 2.28. The first-order valence-corrected chi connectivity index (χ1v) is 12.0. The van der Waals surface area contributed by atoms with Crippen molar-refractivity contribution in [2.75, 3.05) is 23.7 Å². The monoisotopic (exact) mass is 459 g/mol. The van der Waals surface area contributed by atoms with E-state index in [1.54, 1.807) is 6.07 Å². The number of amides is 1. The summed E-state index contributed by atoms with van der Waals surface area (Å²) in [6.45, 7) is 7.61. The molecule has 4 nitrogen and oxygen atoms in total. The number of rotatable bonds is 9. The van der Waals surface area contributed by atoms with Crippen LogP contribution in [-0.2, 0) is 11.3 Å². The lowest BCUT2D eigenvalue weighted by Crippen LogP contribution is -2.24. The number of halogens is 1. The van der Waals surface area contributed by atoms with E-state index in [0.29, 0.717) is 10.6 Å². The summed E-state index contributed by atoms with van der Waals surface area (Å²) in [6, 6.07) is 24.0. The van der Waals surface area contributed by atoms with Crippen LogP contribution >= 0.6 is 11.6 Å². The van der Waals surface area contributed by atoms with Crippen molar-refractivity contribution in [3.8, 4) is 0 Å². The van der Waals surface area contributed by atoms with Crippen molar-refractivity contribution in [2.45, 2.75) is 33.2 Å². The molecule has 2 N–H and O–H groups in total. The standard InChI is InChI=1S/C28H30ClN3O/c1-3-16-32(17-4-2)19-20-10-13-23(14-11-20)30-27(21-8-6-5-7-9-21)26-24-15-12-22(29)18-25(24)31-28(26)33/h5-15,18,30H,3-4,16-17,19H2,1-2H3,(H,31,33). The van der Waals surface area contributed by atoms with Crippen molar-refractivity contribution < 1.29 is 4.79 Å². The molecule has 3 aromatic rings. The van der Waals surface area contributed by atoms with E-state index in [2.05, 4.69) is 53.6 Å². The van der Waals surface area contributed by atoms with Crippen LogP contribution in [0.2, 0.25) is 5.02 Å². The lowest BCUT2D eigenvalue weighted by molar-refractivity contribution is -0.110. The molecular formula is C28H30ClN3O. The summed E-state index contributed by atoms with van der Waals surface area (Å²) >= 11 is 6.15. The summed E-state index contributed by atoms with van der Waals surface area (Å²) in [4.78, 5) is 15.5. The minimum absolute atomic E-state index is 0.134. The second-order valence-electron chi connectivity index (χ2n) is 8.36. The molecule has 170 valence electrons. The highest BCUT2D eigenvalue weighted by atomic mass is 35.5. The van der Waals surface area contributed by atoms with Gasteiger partial charge in [0.25, 0.3) is 5.91 Å². The van der Waals surface area contributed by atoms with Gasteiger partial charge in [-0.2, -0.15) is 0 Å². The number of anilines is 2. The molecule has 0 aliphatic carbocycles. The number of nitrogens with zero attached hydrogens (tertiary/aromatic N) is 1. The van der Waals surface area contributed by atoms with E-state index in [1.165, 1.54) is 5.56 Å². The number of nitrogens with one attached hydrogen (secondary N) is 2. The Kier molecular flexibility index (Phi) is 7.48. The largest absolute Gasteiger partial charge is 0.354 e. The van der Waals surface area contributed by atoms with Crippen molar-refractivity contribution in [1.82, 2.24) is 4.90 Å². The molecule has 1 aliphatic rings. The predicted molar refractivity (Wildman–Crippen MR) is 139 cm³/mol. The van der Waals surface area contributed by atoms with Gasteiger partial charge < -0.3 is 10.6 Å². The number of carbonyl (C=O) groups excluding carboxylic acids is 1. The highest BCUT2D eigenvalue weighted by molar-refractivity contribution is 6.38. The van der Waals surface area contributed by atoms with Crippen LogP contribution in [0.5, 0.6) is 0 Å². The normalized spacial score (nSPS) is 14.2. The Labute approximate surface area is 201 Å². The molecule has 33 heavy (non-hydrogen) atoms. The molecule has 0 saturated carbocycles. The smallest absolute Gasteiger partial charge is 0.258 e. The Morgan fingerprint density at radius 1 is 0.939 bits per heavy atom. The highest BCUT2D eigenvalue weighted by Crippen LogP contribution is 2.38. The zero-order chi connectivity index (χ0) is 23.2. The van der Waals surface area contributed by atoms with Crippen LogP contribution in [0.25, 0.3) is 11.3 Å². The van der Waals surface area contributed by atoms with Crippen molar-refractivity contribution in [1.29, 1.82) is 0 Å². The van der Waals surface area contributed by atoms with Gasteiger partial charge in [0.15, 0.2) is 0 Å². The molecule has 0 saturated heterocycles. The molecule has 1 heterocycles. The number of carbonyl (C=O) groups is 1. The minimum Gasteiger partial charge on any atom is -0.354 e. The van der Waals surface area contributed by atoms with Gasteiger partial charge in [-0.05, 0) is 61.3 Å². The van der Waals surface area contributed by atoms with Crippen molar-refractivity contribution in [2.24, 2.45) is 0 Å². The Morgan fingerprint density at radius 3 is 2.30 bits per heavy atom. The second kappa shape index (κ2) is 10.7. The van der Waals surface area contributed by atoms with Gasteiger partial charge in [0.1, 0.15) is 0 Å². The van der Waals surface area contributed by atoms with Gasteiger partial charge in [0, 0.05) is 22.8 Å². The molecule has 0 unspecified atom stereocenters. The van der Waals surface area contributed by atoms with Gasteiger partial charge in [0.05, 0.1) is 17.0 Å². The molecule has 0 bridgehead atoms. The third-order valence-corrected chi connectivity index (χ3v) is 5.98. The van der Waals surface area contributed by atoms with Crippen LogP contribution in [0.4, 0.5) is 11.4 Å². The average molecular weight is 460 g/mol. The summed E-state index contributed by atoms with van der Waals surface area (Å²) in [5.41, 5.74) is 6.16. The zero-order valence-electron chi connectivity index (χ0n) is 19.2. The fourth-order valence-electron chi connectivity index (χ4n) is 4.28. The lowest BCUT2D eigenvalue weighted by atomic mass is 10.00. The number of hydrogen-bond donors (Lipinski definition) is 2. The molecule has 1 aliphatic heterocycles. The van der Waals surface area contributed by atoms with Crippen LogP contribution in [-0.4, -0.2) is 23.9 Å². The van der Waals surface area contributed by atoms with E-state index in [-0.39, 0.29) is 5.91 Å². The van der Waals surface area contributed by atoms with Crippen LogP contribution in [0.1, 0.15) is 43.4 Å². The quantitative estimate of drug-likeness (QED) is 0.342. The van der Waals surface area contributed by atoms with E-state index in [9.17, 15) is 4.79 Å². The van der Waals surface area contributed by atoms with Gasteiger partial charge in [-0.3, -0.25) is 9.69 Å². The maximum absolute atomic E-state index is 13.0. The molecule has 0 fully saturated rings. The van der Waals surface area contributed by atoms with E-state index < -0.39 is 0 Å². The van der Waals surface area contributed by atoms with Gasteiger partial charge in [0.2, 0.25) is 0 Å². The van der Waals surface area contributed by atoms with Crippen molar-refractivity contribution in [3.63, 3.8) is 0 Å². The number of benzene rings is 3. The summed E-state index contributed by atoms with van der Waals surface area (Å²) < 4.78 is 0. The van der Waals surface area contributed by atoms with E-state index in [0.717, 1.165) is 60.7 Å². The molecule has 0 aromatic heterocycles. The zero-order valence-corrected chi connectivity index (χ0v) is 20.0. The van der Waals surface area contributed by atoms with Crippen LogP contribution in [0.15, 0.2) is 72.8 Å². The topological polar surface area (TPSA) is 44.4 Å². The van der Waals surface area contributed by atoms with Crippen LogP contribution in [0, 0.1) is 0 Å². The Balaban J connectivity index is 1.66. The lowest BCUT2D eigenvalue weighted by Gasteiger charge is -2.21. The fraction of sp³-hybridized carbons (Fsp3) is 0.250. The molecule has 4 rings (SSSR count). The van der Waals surface area contributed by atoms with E-state index in [1.807, 2.05) is 42.5 Å². The van der Waals surface area contributed by atoms with Gasteiger partial charge >= 0.3 is 0 Å². The first kappa shape index (κ1) is 23.1. The van der Waals surface area contributed by atoms with Crippen LogP contribution in [0.3, 0.4) is 0 Å². The second-order valence-corrected chi connectivity index (χ2v) is 8.79. The third kappa shape index (κ3) is 5.47. The first-order chi connectivity index (χ1) is 16.1. The maximum Gasteiger partial charge on any atom is 0.258 e. The summed E-state index contributed by atoms with van der Waals surface area (Å²) in [5, 5.41) is 7.08. The third-order valence-electron chi connectivity index (χ3n) is 5.75. The molecular weight excluding hydrogens is 430 g/mol. The SMILES string of the molecule is CCCN(CCC)Cc1ccc(NC(=C2C(=O)Nc3cc(Cl)ccc32)c2ccccc2)cc1. The predicted octanol–water partition coefficient (Wildman–Crippen LogP) is 6.89. The summed E-state index contributed by atoms with van der Waals surface area (Å²) in [6.07, 6.45) is 2.31. The number of fused-ring (bicyclic) bond motifs is 1. The molecule has 0 radical (unpaired) electrons. The summed E-state index contributed by atoms with van der Waals surface area (Å²) in [7, 11) is 0. The molecule has 5 heteroatoms. The Morgan fingerprint density at radius 2 is 1.64 bits per heavy atom. The molecule has 0 spiro atoms. The maximum atomic E-state index is 13.0. The fourth-order valence-corrected chi connectivity index (χ4v) is 4.45. The molecule has 3 aromatic carbocycles. The minimum atomic E-state index is -0.134. The number of hydrogen-bond acceptors (Lipinski definition) is 3. The average Bonchev–Trinajstić information content (AvgIpc) is 3.14. The summed E-state index contributed by atoms with van der Waals surface area (Å²) in [5.74, 6) is -0.134. The Bertz CT molecular complexity index is 1130. The first-order valence-electron chi connectivity index (χ1n) is 11.6. The molecule has 1 amide bonds.